The van der Waals surface area contributed by atoms with Crippen molar-refractivity contribution < 1.29 is 14.4 Å². The summed E-state index contributed by atoms with van der Waals surface area (Å²) < 4.78 is 1.80. The minimum absolute atomic E-state index is 0.0592. The molecule has 1 aromatic carbocycles. The molecule has 1 saturated carbocycles. The normalized spacial score (nSPS) is 17.8. The summed E-state index contributed by atoms with van der Waals surface area (Å²) in [4.78, 5) is 39.9. The number of hydrogen-bond donors (Lipinski definition) is 1. The Labute approximate surface area is 164 Å². The van der Waals surface area contributed by atoms with Crippen LogP contribution in [0.1, 0.15) is 55.3 Å². The number of Topliss-reactive ketones (excluding diaryl/α,β-unsaturated/α-hetero) is 1. The van der Waals surface area contributed by atoms with Crippen molar-refractivity contribution in [2.75, 3.05) is 13.1 Å². The van der Waals surface area contributed by atoms with E-state index in [1.165, 1.54) is 6.42 Å². The summed E-state index contributed by atoms with van der Waals surface area (Å²) >= 11 is 0. The minimum atomic E-state index is -0.541. The topological polar surface area (TPSA) is 71.4 Å². The van der Waals surface area contributed by atoms with Crippen LogP contribution in [0.15, 0.2) is 30.5 Å². The first kappa shape index (κ1) is 18.7. The highest BCUT2D eigenvalue weighted by Gasteiger charge is 2.26. The van der Waals surface area contributed by atoms with E-state index in [9.17, 15) is 14.4 Å². The van der Waals surface area contributed by atoms with Gasteiger partial charge in [0, 0.05) is 36.2 Å². The van der Waals surface area contributed by atoms with Gasteiger partial charge in [-0.25, -0.2) is 0 Å². The fourth-order valence-corrected chi connectivity index (χ4v) is 4.39. The average Bonchev–Trinajstić information content (AvgIpc) is 3.37. The molecule has 2 fully saturated rings. The third-order valence-electron chi connectivity index (χ3n) is 5.94. The largest absolute Gasteiger partial charge is 0.346 e. The predicted octanol–water partition coefficient (Wildman–Crippen LogP) is 2.90. The van der Waals surface area contributed by atoms with Crippen LogP contribution in [0, 0.1) is 0 Å². The van der Waals surface area contributed by atoms with Crippen molar-refractivity contribution >= 4 is 28.5 Å². The van der Waals surface area contributed by atoms with E-state index in [2.05, 4.69) is 5.32 Å². The molecular formula is C22H27N3O3. The minimum Gasteiger partial charge on any atom is -0.346 e. The van der Waals surface area contributed by atoms with Crippen molar-refractivity contribution in [1.82, 2.24) is 14.8 Å². The van der Waals surface area contributed by atoms with Gasteiger partial charge in [0.1, 0.15) is 6.54 Å². The molecule has 2 amide bonds. The molecule has 1 saturated heterocycles. The Morgan fingerprint density at radius 2 is 1.68 bits per heavy atom. The highest BCUT2D eigenvalue weighted by molar-refractivity contribution is 6.45. The number of para-hydroxylation sites is 1. The zero-order valence-electron chi connectivity index (χ0n) is 16.2. The van der Waals surface area contributed by atoms with Crippen molar-refractivity contribution in [2.24, 2.45) is 0 Å². The number of aromatic nitrogens is 1. The lowest BCUT2D eigenvalue weighted by molar-refractivity contribution is -0.130. The van der Waals surface area contributed by atoms with E-state index in [1.54, 1.807) is 10.8 Å². The molecule has 0 unspecified atom stereocenters. The maximum Gasteiger partial charge on any atom is 0.292 e. The molecule has 1 aliphatic carbocycles. The number of ketones is 1. The Bertz CT molecular complexity index is 890. The quantitative estimate of drug-likeness (QED) is 0.639. The first-order valence-corrected chi connectivity index (χ1v) is 10.3. The summed E-state index contributed by atoms with van der Waals surface area (Å²) in [5, 5.41) is 3.63. The predicted molar refractivity (Wildman–Crippen MR) is 107 cm³/mol. The molecule has 148 valence electrons. The van der Waals surface area contributed by atoms with Gasteiger partial charge in [-0.3, -0.25) is 14.4 Å². The van der Waals surface area contributed by atoms with Crippen molar-refractivity contribution in [3.8, 4) is 0 Å². The van der Waals surface area contributed by atoms with Crippen molar-refractivity contribution in [1.29, 1.82) is 0 Å². The number of carbonyl (C=O) groups is 3. The monoisotopic (exact) mass is 381 g/mol. The van der Waals surface area contributed by atoms with Crippen molar-refractivity contribution in [2.45, 2.75) is 57.5 Å². The third kappa shape index (κ3) is 3.81. The SMILES string of the molecule is O=C(NC1CCCCC1)C(=O)c1cn(CC(=O)N2CCCC2)c2ccccc12. The van der Waals surface area contributed by atoms with Crippen LogP contribution in [-0.2, 0) is 16.1 Å². The molecule has 2 aromatic rings. The van der Waals surface area contributed by atoms with E-state index in [0.717, 1.165) is 62.5 Å². The number of nitrogens with one attached hydrogen (secondary N) is 1. The number of fused-ring (bicyclic) bond motifs is 1. The summed E-state index contributed by atoms with van der Waals surface area (Å²) in [6.07, 6.45) is 9.01. The lowest BCUT2D eigenvalue weighted by atomic mass is 9.95. The van der Waals surface area contributed by atoms with E-state index in [4.69, 9.17) is 0 Å². The highest BCUT2D eigenvalue weighted by atomic mass is 16.2. The Morgan fingerprint density at radius 1 is 0.964 bits per heavy atom. The lowest BCUT2D eigenvalue weighted by Crippen LogP contribution is -2.40. The summed E-state index contributed by atoms with van der Waals surface area (Å²) in [5.74, 6) is -1.00. The Kier molecular flexibility index (Phi) is 5.46. The van der Waals surface area contributed by atoms with E-state index < -0.39 is 11.7 Å². The Hall–Kier alpha value is -2.63. The van der Waals surface area contributed by atoms with Crippen LogP contribution < -0.4 is 5.32 Å². The number of carbonyl (C=O) groups excluding carboxylic acids is 3. The van der Waals surface area contributed by atoms with Crippen molar-refractivity contribution in [3.05, 3.63) is 36.0 Å². The molecule has 4 rings (SSSR count). The summed E-state index contributed by atoms with van der Waals surface area (Å²) in [6.45, 7) is 1.79. The molecule has 2 heterocycles. The fraction of sp³-hybridized carbons (Fsp3) is 0.500. The standard InChI is InChI=1S/C22H27N3O3/c26-20(24-12-6-7-13-24)15-25-14-18(17-10-4-5-11-19(17)25)21(27)22(28)23-16-8-2-1-3-9-16/h4-5,10-11,14,16H,1-3,6-9,12-13,15H2,(H,23,28). The smallest absolute Gasteiger partial charge is 0.292 e. The van der Waals surface area contributed by atoms with E-state index in [1.807, 2.05) is 29.2 Å². The number of amides is 2. The second-order valence-electron chi connectivity index (χ2n) is 7.91. The summed E-state index contributed by atoms with van der Waals surface area (Å²) in [7, 11) is 0. The van der Waals surface area contributed by atoms with Crippen LogP contribution in [0.3, 0.4) is 0 Å². The van der Waals surface area contributed by atoms with Crippen LogP contribution in [0.2, 0.25) is 0 Å². The number of hydrogen-bond acceptors (Lipinski definition) is 3. The molecule has 6 heteroatoms. The molecule has 0 bridgehead atoms. The van der Waals surface area contributed by atoms with E-state index in [0.29, 0.717) is 5.56 Å². The maximum atomic E-state index is 12.9. The molecule has 1 aliphatic heterocycles. The summed E-state index contributed by atoms with van der Waals surface area (Å²) in [5.41, 5.74) is 1.18. The first-order chi connectivity index (χ1) is 13.6. The van der Waals surface area contributed by atoms with Gasteiger partial charge in [0.05, 0.1) is 5.56 Å². The maximum absolute atomic E-state index is 12.9. The van der Waals surface area contributed by atoms with Crippen LogP contribution in [-0.4, -0.2) is 46.2 Å². The van der Waals surface area contributed by atoms with Gasteiger partial charge in [-0.2, -0.15) is 0 Å². The number of likely N-dealkylation sites (tertiary alicyclic amines) is 1. The molecule has 1 N–H and O–H groups in total. The molecule has 0 atom stereocenters. The van der Waals surface area contributed by atoms with Gasteiger partial charge < -0.3 is 14.8 Å². The number of nitrogens with zero attached hydrogens (tertiary/aromatic N) is 2. The van der Waals surface area contributed by atoms with Gasteiger partial charge >= 0.3 is 0 Å². The Balaban J connectivity index is 1.55. The van der Waals surface area contributed by atoms with Crippen LogP contribution in [0.25, 0.3) is 10.9 Å². The van der Waals surface area contributed by atoms with Gasteiger partial charge in [-0.15, -0.1) is 0 Å². The van der Waals surface area contributed by atoms with E-state index in [-0.39, 0.29) is 18.5 Å². The second-order valence-corrected chi connectivity index (χ2v) is 7.91. The number of benzene rings is 1. The van der Waals surface area contributed by atoms with Crippen LogP contribution in [0.5, 0.6) is 0 Å². The van der Waals surface area contributed by atoms with Gasteiger partial charge in [-0.1, -0.05) is 37.5 Å². The highest BCUT2D eigenvalue weighted by Crippen LogP contribution is 2.23. The lowest BCUT2D eigenvalue weighted by Gasteiger charge is -2.22. The van der Waals surface area contributed by atoms with Gasteiger partial charge in [-0.05, 0) is 31.7 Å². The molecule has 0 radical (unpaired) electrons. The van der Waals surface area contributed by atoms with Crippen molar-refractivity contribution in [3.63, 3.8) is 0 Å². The Morgan fingerprint density at radius 3 is 2.43 bits per heavy atom. The average molecular weight is 381 g/mol. The molecule has 28 heavy (non-hydrogen) atoms. The van der Waals surface area contributed by atoms with Crippen LogP contribution >= 0.6 is 0 Å². The van der Waals surface area contributed by atoms with Gasteiger partial charge in [0.2, 0.25) is 5.91 Å². The third-order valence-corrected chi connectivity index (χ3v) is 5.94. The zero-order chi connectivity index (χ0) is 19.5. The molecule has 1 aromatic heterocycles. The van der Waals surface area contributed by atoms with Gasteiger partial charge in [0.25, 0.3) is 11.7 Å². The second kappa shape index (κ2) is 8.17. The molecular weight excluding hydrogens is 354 g/mol. The molecule has 0 spiro atoms. The summed E-state index contributed by atoms with van der Waals surface area (Å²) in [6, 6.07) is 7.56. The first-order valence-electron chi connectivity index (χ1n) is 10.3. The zero-order valence-corrected chi connectivity index (χ0v) is 16.2. The van der Waals surface area contributed by atoms with Crippen LogP contribution in [0.4, 0.5) is 0 Å². The molecule has 6 nitrogen and oxygen atoms in total. The van der Waals surface area contributed by atoms with Gasteiger partial charge in [0.15, 0.2) is 0 Å². The van der Waals surface area contributed by atoms with E-state index >= 15 is 0 Å². The fourth-order valence-electron chi connectivity index (χ4n) is 4.39. The molecule has 2 aliphatic rings. The number of rotatable bonds is 5.